The average Bonchev–Trinajstić information content (AvgIpc) is 2.70. The number of ether oxygens (including phenoxy) is 1. The predicted molar refractivity (Wildman–Crippen MR) is 63.9 cm³/mol. The maximum absolute atomic E-state index is 5.98. The van der Waals surface area contributed by atoms with Crippen LogP contribution in [0.2, 0.25) is 0 Å². The van der Waals surface area contributed by atoms with Crippen LogP contribution in [0.4, 0.5) is 0 Å². The van der Waals surface area contributed by atoms with Crippen LogP contribution in [0, 0.1) is 5.92 Å². The Morgan fingerprint density at radius 3 is 2.73 bits per heavy atom. The minimum atomic E-state index is 0.249. The highest BCUT2D eigenvalue weighted by Crippen LogP contribution is 2.39. The van der Waals surface area contributed by atoms with E-state index in [1.54, 1.807) is 7.11 Å². The molecule has 0 aromatic rings. The molecule has 1 saturated carbocycles. The van der Waals surface area contributed by atoms with Gasteiger partial charge in [-0.15, -0.1) is 0 Å². The van der Waals surface area contributed by atoms with Gasteiger partial charge in [-0.05, 0) is 32.2 Å². The molecular formula is C12H26N2O. The van der Waals surface area contributed by atoms with E-state index in [1.807, 2.05) is 0 Å². The molecule has 3 heteroatoms. The summed E-state index contributed by atoms with van der Waals surface area (Å²) in [5.41, 5.74) is 6.23. The van der Waals surface area contributed by atoms with Crippen LogP contribution in [0.5, 0.6) is 0 Å². The summed E-state index contributed by atoms with van der Waals surface area (Å²) in [6.07, 6.45) is 5.15. The van der Waals surface area contributed by atoms with Crippen molar-refractivity contribution in [2.75, 3.05) is 33.9 Å². The van der Waals surface area contributed by atoms with E-state index >= 15 is 0 Å². The number of hydrogen-bond donors (Lipinski definition) is 1. The van der Waals surface area contributed by atoms with Crippen LogP contribution in [-0.2, 0) is 4.74 Å². The normalized spacial score (nSPS) is 31.4. The van der Waals surface area contributed by atoms with E-state index in [0.29, 0.717) is 0 Å². The van der Waals surface area contributed by atoms with Crippen molar-refractivity contribution in [3.05, 3.63) is 0 Å². The predicted octanol–water partition coefficient (Wildman–Crippen LogP) is 1.47. The molecule has 0 heterocycles. The summed E-state index contributed by atoms with van der Waals surface area (Å²) >= 11 is 0. The monoisotopic (exact) mass is 214 g/mol. The first kappa shape index (κ1) is 12.9. The van der Waals surface area contributed by atoms with Crippen molar-refractivity contribution in [3.8, 4) is 0 Å². The van der Waals surface area contributed by atoms with Crippen LogP contribution in [0.3, 0.4) is 0 Å². The quantitative estimate of drug-likeness (QED) is 0.728. The highest BCUT2D eigenvalue weighted by molar-refractivity contribution is 4.97. The van der Waals surface area contributed by atoms with Crippen LogP contribution >= 0.6 is 0 Å². The highest BCUT2D eigenvalue weighted by atomic mass is 16.5. The fraction of sp³-hybridized carbons (Fsp3) is 1.00. The van der Waals surface area contributed by atoms with E-state index in [9.17, 15) is 0 Å². The van der Waals surface area contributed by atoms with Gasteiger partial charge in [0.15, 0.2) is 0 Å². The minimum Gasteiger partial charge on any atom is -0.383 e. The fourth-order valence-corrected chi connectivity index (χ4v) is 2.72. The van der Waals surface area contributed by atoms with Gasteiger partial charge in [0.05, 0.1) is 6.61 Å². The topological polar surface area (TPSA) is 38.5 Å². The Labute approximate surface area is 94.0 Å². The van der Waals surface area contributed by atoms with Gasteiger partial charge in [0.1, 0.15) is 0 Å². The SMILES string of the molecule is CCC1CCC(CN)(N(C)CCOC)C1. The molecule has 2 N–H and O–H groups in total. The third-order valence-corrected chi connectivity index (χ3v) is 4.08. The fourth-order valence-electron chi connectivity index (χ4n) is 2.72. The number of likely N-dealkylation sites (N-methyl/N-ethyl adjacent to an activating group) is 1. The maximum Gasteiger partial charge on any atom is 0.0589 e. The average molecular weight is 214 g/mol. The van der Waals surface area contributed by atoms with Crippen LogP contribution in [0.25, 0.3) is 0 Å². The Morgan fingerprint density at radius 2 is 2.27 bits per heavy atom. The molecule has 0 amide bonds. The van der Waals surface area contributed by atoms with Crippen molar-refractivity contribution in [1.82, 2.24) is 4.90 Å². The summed E-state index contributed by atoms with van der Waals surface area (Å²) in [6, 6.07) is 0. The lowest BCUT2D eigenvalue weighted by molar-refractivity contribution is 0.0840. The van der Waals surface area contributed by atoms with Gasteiger partial charge in [-0.2, -0.15) is 0 Å². The molecule has 0 aromatic heterocycles. The first-order valence-electron chi connectivity index (χ1n) is 6.08. The van der Waals surface area contributed by atoms with Crippen molar-refractivity contribution in [1.29, 1.82) is 0 Å². The largest absolute Gasteiger partial charge is 0.383 e. The van der Waals surface area contributed by atoms with Crippen molar-refractivity contribution >= 4 is 0 Å². The second kappa shape index (κ2) is 5.83. The van der Waals surface area contributed by atoms with E-state index in [0.717, 1.165) is 25.6 Å². The third kappa shape index (κ3) is 2.92. The van der Waals surface area contributed by atoms with Crippen LogP contribution < -0.4 is 5.73 Å². The molecule has 0 radical (unpaired) electrons. The van der Waals surface area contributed by atoms with Gasteiger partial charge in [0.25, 0.3) is 0 Å². The Balaban J connectivity index is 2.53. The Bertz CT molecular complexity index is 186. The lowest BCUT2D eigenvalue weighted by Gasteiger charge is -2.38. The molecule has 2 unspecified atom stereocenters. The Hall–Kier alpha value is -0.120. The van der Waals surface area contributed by atoms with Crippen molar-refractivity contribution in [3.63, 3.8) is 0 Å². The minimum absolute atomic E-state index is 0.249. The molecule has 1 fully saturated rings. The van der Waals surface area contributed by atoms with Crippen LogP contribution in [-0.4, -0.2) is 44.3 Å². The molecule has 0 bridgehead atoms. The van der Waals surface area contributed by atoms with Gasteiger partial charge in [-0.1, -0.05) is 13.3 Å². The smallest absolute Gasteiger partial charge is 0.0589 e. The second-order valence-electron chi connectivity index (χ2n) is 4.86. The molecular weight excluding hydrogens is 188 g/mol. The molecule has 0 aliphatic heterocycles. The van der Waals surface area contributed by atoms with Gasteiger partial charge >= 0.3 is 0 Å². The molecule has 0 aromatic carbocycles. The number of rotatable bonds is 6. The molecule has 1 aliphatic carbocycles. The van der Waals surface area contributed by atoms with Gasteiger partial charge in [-0.3, -0.25) is 4.90 Å². The number of hydrogen-bond acceptors (Lipinski definition) is 3. The van der Waals surface area contributed by atoms with E-state index in [4.69, 9.17) is 10.5 Å². The summed E-state index contributed by atoms with van der Waals surface area (Å²) in [5.74, 6) is 0.874. The van der Waals surface area contributed by atoms with E-state index in [1.165, 1.54) is 25.7 Å². The molecule has 1 aliphatic rings. The summed E-state index contributed by atoms with van der Waals surface area (Å²) in [4.78, 5) is 2.41. The van der Waals surface area contributed by atoms with E-state index in [-0.39, 0.29) is 5.54 Å². The summed E-state index contributed by atoms with van der Waals surface area (Å²) in [7, 11) is 3.94. The Kier molecular flexibility index (Phi) is 5.03. The summed E-state index contributed by atoms with van der Waals surface area (Å²) in [5, 5.41) is 0. The maximum atomic E-state index is 5.98. The summed E-state index contributed by atoms with van der Waals surface area (Å²) in [6.45, 7) is 4.86. The zero-order chi connectivity index (χ0) is 11.3. The van der Waals surface area contributed by atoms with Crippen LogP contribution in [0.1, 0.15) is 32.6 Å². The molecule has 90 valence electrons. The van der Waals surface area contributed by atoms with Crippen molar-refractivity contribution in [2.45, 2.75) is 38.1 Å². The standard InChI is InChI=1S/C12H26N2O/c1-4-11-5-6-12(9-11,10-13)14(2)7-8-15-3/h11H,4-10,13H2,1-3H3. The van der Waals surface area contributed by atoms with Gasteiger partial charge in [0.2, 0.25) is 0 Å². The lowest BCUT2D eigenvalue weighted by atomic mass is 9.93. The van der Waals surface area contributed by atoms with Gasteiger partial charge in [0, 0.05) is 25.7 Å². The zero-order valence-electron chi connectivity index (χ0n) is 10.5. The van der Waals surface area contributed by atoms with E-state index in [2.05, 4.69) is 18.9 Å². The zero-order valence-corrected chi connectivity index (χ0v) is 10.5. The third-order valence-electron chi connectivity index (χ3n) is 4.08. The number of nitrogens with two attached hydrogens (primary N) is 1. The van der Waals surface area contributed by atoms with Crippen molar-refractivity contribution < 1.29 is 4.74 Å². The number of nitrogens with zero attached hydrogens (tertiary/aromatic N) is 1. The number of methoxy groups -OCH3 is 1. The molecule has 0 spiro atoms. The molecule has 1 rings (SSSR count). The van der Waals surface area contributed by atoms with Crippen LogP contribution in [0.15, 0.2) is 0 Å². The lowest BCUT2D eigenvalue weighted by Crippen LogP contribution is -2.51. The van der Waals surface area contributed by atoms with E-state index < -0.39 is 0 Å². The van der Waals surface area contributed by atoms with Gasteiger partial charge < -0.3 is 10.5 Å². The van der Waals surface area contributed by atoms with Gasteiger partial charge in [-0.25, -0.2) is 0 Å². The summed E-state index contributed by atoms with van der Waals surface area (Å²) < 4.78 is 5.13. The second-order valence-corrected chi connectivity index (χ2v) is 4.86. The van der Waals surface area contributed by atoms with Crippen molar-refractivity contribution in [2.24, 2.45) is 11.7 Å². The molecule has 3 nitrogen and oxygen atoms in total. The first-order valence-corrected chi connectivity index (χ1v) is 6.08. The Morgan fingerprint density at radius 1 is 1.53 bits per heavy atom. The molecule has 0 saturated heterocycles. The first-order chi connectivity index (χ1) is 7.18. The molecule has 2 atom stereocenters. The highest BCUT2D eigenvalue weighted by Gasteiger charge is 2.40. The molecule has 15 heavy (non-hydrogen) atoms.